The number of halogens is 2. The summed E-state index contributed by atoms with van der Waals surface area (Å²) in [5.41, 5.74) is 3.62. The number of nitrogens with zero attached hydrogens (tertiary/aromatic N) is 2. The van der Waals surface area contributed by atoms with E-state index in [1.165, 1.54) is 50.5 Å². The van der Waals surface area contributed by atoms with E-state index in [1.807, 2.05) is 18.4 Å². The molecule has 0 saturated carbocycles. The van der Waals surface area contributed by atoms with Crippen LogP contribution in [0.1, 0.15) is 60.9 Å². The number of carbonyl (C=O) groups is 2. The van der Waals surface area contributed by atoms with Gasteiger partial charge >= 0.3 is 5.97 Å². The van der Waals surface area contributed by atoms with E-state index < -0.39 is 52.2 Å². The van der Waals surface area contributed by atoms with Gasteiger partial charge in [-0.25, -0.2) is 21.5 Å². The van der Waals surface area contributed by atoms with E-state index in [0.29, 0.717) is 33.5 Å². The topological polar surface area (TPSA) is 149 Å². The molecule has 0 bridgehead atoms. The average molecular weight is 698 g/mol. The SMILES string of the molecule is CC(C)n1c(CC[C@@H](O)C[C@@H](O)CC(=O)O)c(-c2ccc(F)cc2)c(-c2ccc(F)cc2)c1C(=O)NCc1ccc(S(=O)(=O)N(C)C)cc1. The highest BCUT2D eigenvalue weighted by atomic mass is 32.2. The van der Waals surface area contributed by atoms with Gasteiger partial charge < -0.3 is 25.2 Å². The molecule has 13 heteroatoms. The van der Waals surface area contributed by atoms with Gasteiger partial charge in [-0.15, -0.1) is 0 Å². The molecule has 0 saturated heterocycles. The molecule has 1 amide bonds. The lowest BCUT2D eigenvalue weighted by Gasteiger charge is -2.20. The molecule has 262 valence electrons. The molecule has 0 unspecified atom stereocenters. The van der Waals surface area contributed by atoms with Gasteiger partial charge in [0.05, 0.1) is 23.5 Å². The van der Waals surface area contributed by atoms with Gasteiger partial charge in [0.2, 0.25) is 10.0 Å². The normalized spacial score (nSPS) is 13.1. The smallest absolute Gasteiger partial charge is 0.305 e. The van der Waals surface area contributed by atoms with Crippen LogP contribution >= 0.6 is 0 Å². The summed E-state index contributed by atoms with van der Waals surface area (Å²) in [6, 6.07) is 17.2. The Bertz CT molecular complexity index is 1870. The summed E-state index contributed by atoms with van der Waals surface area (Å²) < 4.78 is 56.2. The van der Waals surface area contributed by atoms with Gasteiger partial charge in [0, 0.05) is 43.5 Å². The Morgan fingerprint density at radius 2 is 1.37 bits per heavy atom. The van der Waals surface area contributed by atoms with Crippen molar-refractivity contribution < 1.29 is 42.1 Å². The van der Waals surface area contributed by atoms with E-state index in [2.05, 4.69) is 5.32 Å². The minimum absolute atomic E-state index is 0.0503. The van der Waals surface area contributed by atoms with Crippen molar-refractivity contribution in [1.29, 1.82) is 0 Å². The van der Waals surface area contributed by atoms with Gasteiger partial charge in [0.15, 0.2) is 0 Å². The van der Waals surface area contributed by atoms with Crippen molar-refractivity contribution in [2.45, 2.75) is 69.2 Å². The molecule has 0 spiro atoms. The Balaban J connectivity index is 1.82. The molecule has 2 atom stereocenters. The van der Waals surface area contributed by atoms with Crippen LogP contribution in [-0.4, -0.2) is 70.8 Å². The fraction of sp³-hybridized carbons (Fsp3) is 0.333. The molecule has 0 aliphatic rings. The molecule has 0 radical (unpaired) electrons. The number of aliphatic hydroxyl groups is 2. The molecular formula is C36H41F2N3O7S. The maximum Gasteiger partial charge on any atom is 0.305 e. The number of hydrogen-bond acceptors (Lipinski definition) is 6. The van der Waals surface area contributed by atoms with Crippen molar-refractivity contribution in [3.05, 3.63) is 101 Å². The highest BCUT2D eigenvalue weighted by molar-refractivity contribution is 7.89. The van der Waals surface area contributed by atoms with Crippen molar-refractivity contribution in [2.75, 3.05) is 14.1 Å². The Labute approximate surface area is 284 Å². The third-order valence-electron chi connectivity index (χ3n) is 8.13. The summed E-state index contributed by atoms with van der Waals surface area (Å²) in [4.78, 5) is 25.4. The minimum Gasteiger partial charge on any atom is -0.481 e. The number of hydrogen-bond donors (Lipinski definition) is 4. The first-order valence-electron chi connectivity index (χ1n) is 15.8. The Hall–Kier alpha value is -4.43. The molecule has 0 aliphatic carbocycles. The highest BCUT2D eigenvalue weighted by Crippen LogP contribution is 2.42. The zero-order valence-corrected chi connectivity index (χ0v) is 28.5. The van der Waals surface area contributed by atoms with Gasteiger partial charge in [-0.05, 0) is 86.2 Å². The van der Waals surface area contributed by atoms with Crippen LogP contribution in [0.5, 0.6) is 0 Å². The van der Waals surface area contributed by atoms with E-state index in [0.717, 1.165) is 4.31 Å². The molecule has 0 fully saturated rings. The average Bonchev–Trinajstić information content (AvgIpc) is 3.38. The predicted octanol–water partition coefficient (Wildman–Crippen LogP) is 5.38. The molecule has 4 N–H and O–H groups in total. The fourth-order valence-corrected chi connectivity index (χ4v) is 6.68. The summed E-state index contributed by atoms with van der Waals surface area (Å²) in [6.45, 7) is 3.80. The second-order valence-corrected chi connectivity index (χ2v) is 14.5. The van der Waals surface area contributed by atoms with Crippen LogP contribution < -0.4 is 5.32 Å². The van der Waals surface area contributed by atoms with Crippen molar-refractivity contribution in [3.63, 3.8) is 0 Å². The largest absolute Gasteiger partial charge is 0.481 e. The number of aromatic nitrogens is 1. The number of amides is 1. The van der Waals surface area contributed by atoms with E-state index in [1.54, 1.807) is 36.4 Å². The monoisotopic (exact) mass is 697 g/mol. The molecule has 1 aromatic heterocycles. The first-order valence-corrected chi connectivity index (χ1v) is 17.2. The van der Waals surface area contributed by atoms with Crippen molar-refractivity contribution in [3.8, 4) is 22.3 Å². The summed E-state index contributed by atoms with van der Waals surface area (Å²) >= 11 is 0. The van der Waals surface area contributed by atoms with Crippen LogP contribution in [0.4, 0.5) is 8.78 Å². The number of rotatable bonds is 15. The van der Waals surface area contributed by atoms with Crippen LogP contribution in [0.25, 0.3) is 22.3 Å². The number of carboxylic acid groups (broad SMARTS) is 1. The van der Waals surface area contributed by atoms with Crippen molar-refractivity contribution in [2.24, 2.45) is 0 Å². The molecule has 1 heterocycles. The number of aliphatic carboxylic acids is 1. The standard InChI is InChI=1S/C36H41F2N3O7S/c1-22(2)41-31(18-15-28(42)19-29(43)20-32(44)45)33(24-7-11-26(37)12-8-24)34(25-9-13-27(38)14-10-25)35(41)36(46)39-21-23-5-16-30(17-6-23)49(47,48)40(3)4/h5-14,16-17,22,28-29,42-43H,15,18-21H2,1-4H3,(H,39,46)(H,44,45)/t28-,29-/m1/s1. The van der Waals surface area contributed by atoms with Gasteiger partial charge in [0.25, 0.3) is 5.91 Å². The zero-order valence-electron chi connectivity index (χ0n) is 27.7. The number of nitrogens with one attached hydrogen (secondary N) is 1. The number of carbonyl (C=O) groups excluding carboxylic acids is 1. The summed E-state index contributed by atoms with van der Waals surface area (Å²) in [6.07, 6.45) is -2.73. The predicted molar refractivity (Wildman–Crippen MR) is 181 cm³/mol. The van der Waals surface area contributed by atoms with Crippen LogP contribution in [0, 0.1) is 11.6 Å². The number of carboxylic acids is 1. The van der Waals surface area contributed by atoms with Crippen LogP contribution in [-0.2, 0) is 27.8 Å². The molecule has 10 nitrogen and oxygen atoms in total. The molecular weight excluding hydrogens is 656 g/mol. The Morgan fingerprint density at radius 1 is 0.837 bits per heavy atom. The summed E-state index contributed by atoms with van der Waals surface area (Å²) in [7, 11) is -0.774. The first-order chi connectivity index (χ1) is 23.1. The summed E-state index contributed by atoms with van der Waals surface area (Å²) in [5.74, 6) is -2.63. The summed E-state index contributed by atoms with van der Waals surface area (Å²) in [5, 5.41) is 32.9. The second-order valence-electron chi connectivity index (χ2n) is 12.3. The number of sulfonamides is 1. The van der Waals surface area contributed by atoms with E-state index in [4.69, 9.17) is 5.11 Å². The van der Waals surface area contributed by atoms with Gasteiger partial charge in [-0.1, -0.05) is 36.4 Å². The first kappa shape index (κ1) is 37.4. The van der Waals surface area contributed by atoms with Crippen molar-refractivity contribution >= 4 is 21.9 Å². The molecule has 3 aromatic carbocycles. The lowest BCUT2D eigenvalue weighted by Crippen LogP contribution is -2.27. The zero-order chi connectivity index (χ0) is 36.0. The van der Waals surface area contributed by atoms with Crippen LogP contribution in [0.3, 0.4) is 0 Å². The van der Waals surface area contributed by atoms with Crippen LogP contribution in [0.2, 0.25) is 0 Å². The fourth-order valence-electron chi connectivity index (χ4n) is 5.78. The second kappa shape index (κ2) is 15.9. The lowest BCUT2D eigenvalue weighted by atomic mass is 9.92. The number of benzene rings is 3. The van der Waals surface area contributed by atoms with Gasteiger partial charge in [-0.3, -0.25) is 9.59 Å². The van der Waals surface area contributed by atoms with Gasteiger partial charge in [0.1, 0.15) is 17.3 Å². The third kappa shape index (κ3) is 8.98. The molecule has 0 aliphatic heterocycles. The molecule has 4 aromatic rings. The van der Waals surface area contributed by atoms with E-state index in [-0.39, 0.29) is 42.4 Å². The maximum atomic E-state index is 14.3. The lowest BCUT2D eigenvalue weighted by molar-refractivity contribution is -0.139. The quantitative estimate of drug-likeness (QED) is 0.130. The maximum absolute atomic E-state index is 14.3. The minimum atomic E-state index is -3.64. The van der Waals surface area contributed by atoms with E-state index >= 15 is 0 Å². The Kier molecular flexibility index (Phi) is 12.1. The third-order valence-corrected chi connectivity index (χ3v) is 9.96. The van der Waals surface area contributed by atoms with Gasteiger partial charge in [-0.2, -0.15) is 0 Å². The van der Waals surface area contributed by atoms with Crippen LogP contribution in [0.15, 0.2) is 77.7 Å². The molecule has 4 rings (SSSR count). The van der Waals surface area contributed by atoms with Crippen molar-refractivity contribution in [1.82, 2.24) is 14.2 Å². The Morgan fingerprint density at radius 3 is 1.86 bits per heavy atom. The van der Waals surface area contributed by atoms with E-state index in [9.17, 15) is 37.0 Å². The molecule has 49 heavy (non-hydrogen) atoms. The number of aliphatic hydroxyl groups excluding tert-OH is 2. The highest BCUT2D eigenvalue weighted by Gasteiger charge is 2.30.